The predicted molar refractivity (Wildman–Crippen MR) is 81.5 cm³/mol. The molecule has 0 saturated carbocycles. The standard InChI is InChI=1S/C16H13ClN2O2/c17-15-8-7-14(21-15)16(20)18-10-9-12-6-5-11-3-1-2-4-13(11)19-12/h1-8H,9-10H2,(H,18,20). The number of hydrogen-bond donors (Lipinski definition) is 1. The molecule has 1 N–H and O–H groups in total. The van der Waals surface area contributed by atoms with Crippen LogP contribution in [0.5, 0.6) is 0 Å². The number of carbonyl (C=O) groups is 1. The number of rotatable bonds is 4. The van der Waals surface area contributed by atoms with Gasteiger partial charge in [0.25, 0.3) is 5.91 Å². The van der Waals surface area contributed by atoms with E-state index in [1.165, 1.54) is 0 Å². The van der Waals surface area contributed by atoms with Crippen LogP contribution in [0.3, 0.4) is 0 Å². The maximum absolute atomic E-state index is 11.8. The number of amides is 1. The van der Waals surface area contributed by atoms with E-state index in [-0.39, 0.29) is 16.9 Å². The number of furan rings is 1. The highest BCUT2D eigenvalue weighted by Crippen LogP contribution is 2.13. The zero-order chi connectivity index (χ0) is 14.7. The summed E-state index contributed by atoms with van der Waals surface area (Å²) >= 11 is 5.63. The first-order chi connectivity index (χ1) is 10.2. The molecule has 0 radical (unpaired) electrons. The highest BCUT2D eigenvalue weighted by molar-refractivity contribution is 6.29. The summed E-state index contributed by atoms with van der Waals surface area (Å²) in [6, 6.07) is 15.0. The maximum atomic E-state index is 11.8. The fourth-order valence-electron chi connectivity index (χ4n) is 2.08. The molecule has 0 atom stereocenters. The van der Waals surface area contributed by atoms with E-state index >= 15 is 0 Å². The van der Waals surface area contributed by atoms with Crippen molar-refractivity contribution in [2.75, 3.05) is 6.54 Å². The van der Waals surface area contributed by atoms with Crippen LogP contribution in [0.4, 0.5) is 0 Å². The molecule has 0 bridgehead atoms. The molecule has 5 heteroatoms. The Balaban J connectivity index is 1.60. The number of nitrogens with one attached hydrogen (secondary N) is 1. The number of carbonyl (C=O) groups excluding carboxylic acids is 1. The molecule has 0 aliphatic carbocycles. The van der Waals surface area contributed by atoms with Crippen LogP contribution in [-0.2, 0) is 6.42 Å². The highest BCUT2D eigenvalue weighted by atomic mass is 35.5. The molecule has 0 fully saturated rings. The Bertz CT molecular complexity index is 783. The van der Waals surface area contributed by atoms with E-state index < -0.39 is 0 Å². The van der Waals surface area contributed by atoms with Crippen LogP contribution < -0.4 is 5.32 Å². The van der Waals surface area contributed by atoms with Crippen molar-refractivity contribution in [2.45, 2.75) is 6.42 Å². The molecule has 0 aliphatic rings. The summed E-state index contributed by atoms with van der Waals surface area (Å²) in [5.41, 5.74) is 1.89. The van der Waals surface area contributed by atoms with Gasteiger partial charge in [0.1, 0.15) is 0 Å². The van der Waals surface area contributed by atoms with Gasteiger partial charge in [0.15, 0.2) is 11.0 Å². The van der Waals surface area contributed by atoms with E-state index in [2.05, 4.69) is 10.3 Å². The van der Waals surface area contributed by atoms with Gasteiger partial charge in [0.05, 0.1) is 5.52 Å². The van der Waals surface area contributed by atoms with Crippen molar-refractivity contribution in [1.82, 2.24) is 10.3 Å². The van der Waals surface area contributed by atoms with Crippen LogP contribution in [0.1, 0.15) is 16.2 Å². The van der Waals surface area contributed by atoms with Crippen molar-refractivity contribution in [3.05, 3.63) is 65.2 Å². The van der Waals surface area contributed by atoms with Crippen LogP contribution in [0.25, 0.3) is 10.9 Å². The molecule has 2 heterocycles. The number of fused-ring (bicyclic) bond motifs is 1. The summed E-state index contributed by atoms with van der Waals surface area (Å²) in [7, 11) is 0. The van der Waals surface area contributed by atoms with Gasteiger partial charge in [-0.05, 0) is 35.9 Å². The first kappa shape index (κ1) is 13.6. The Morgan fingerprint density at radius 3 is 2.81 bits per heavy atom. The zero-order valence-electron chi connectivity index (χ0n) is 11.2. The lowest BCUT2D eigenvalue weighted by atomic mass is 10.2. The first-order valence-electron chi connectivity index (χ1n) is 6.60. The molecule has 3 rings (SSSR count). The minimum Gasteiger partial charge on any atom is -0.440 e. The Morgan fingerprint density at radius 1 is 1.14 bits per heavy atom. The molecule has 0 spiro atoms. The summed E-state index contributed by atoms with van der Waals surface area (Å²) in [5.74, 6) is -0.0610. The fraction of sp³-hybridized carbons (Fsp3) is 0.125. The summed E-state index contributed by atoms with van der Waals surface area (Å²) in [5, 5.41) is 4.09. The lowest BCUT2D eigenvalue weighted by Crippen LogP contribution is -2.25. The van der Waals surface area contributed by atoms with E-state index in [4.69, 9.17) is 16.0 Å². The highest BCUT2D eigenvalue weighted by Gasteiger charge is 2.09. The number of para-hydroxylation sites is 1. The van der Waals surface area contributed by atoms with Crippen LogP contribution in [0.2, 0.25) is 5.22 Å². The Labute approximate surface area is 126 Å². The van der Waals surface area contributed by atoms with Crippen molar-refractivity contribution >= 4 is 28.4 Å². The fourth-order valence-corrected chi connectivity index (χ4v) is 2.22. The molecule has 0 aliphatic heterocycles. The average molecular weight is 301 g/mol. The van der Waals surface area contributed by atoms with Crippen LogP contribution in [0.15, 0.2) is 52.9 Å². The first-order valence-corrected chi connectivity index (χ1v) is 6.98. The molecule has 1 aromatic carbocycles. The second-order valence-electron chi connectivity index (χ2n) is 4.60. The number of benzene rings is 1. The molecular weight excluding hydrogens is 288 g/mol. The number of halogens is 1. The Hall–Kier alpha value is -2.33. The molecule has 1 amide bonds. The van der Waals surface area contributed by atoms with E-state index in [1.54, 1.807) is 12.1 Å². The van der Waals surface area contributed by atoms with Crippen molar-refractivity contribution in [3.8, 4) is 0 Å². The topological polar surface area (TPSA) is 55.1 Å². The van der Waals surface area contributed by atoms with E-state index in [1.807, 2.05) is 36.4 Å². The van der Waals surface area contributed by atoms with Gasteiger partial charge in [0.2, 0.25) is 0 Å². The average Bonchev–Trinajstić information content (AvgIpc) is 2.94. The van der Waals surface area contributed by atoms with Gasteiger partial charge in [-0.25, -0.2) is 0 Å². The van der Waals surface area contributed by atoms with Gasteiger partial charge >= 0.3 is 0 Å². The van der Waals surface area contributed by atoms with Crippen molar-refractivity contribution in [3.63, 3.8) is 0 Å². The molecule has 106 valence electrons. The SMILES string of the molecule is O=C(NCCc1ccc2ccccc2n1)c1ccc(Cl)o1. The molecule has 0 unspecified atom stereocenters. The molecule has 2 aromatic heterocycles. The summed E-state index contributed by atoms with van der Waals surface area (Å²) in [4.78, 5) is 16.3. The lowest BCUT2D eigenvalue weighted by molar-refractivity contribution is 0.0926. The van der Waals surface area contributed by atoms with Crippen molar-refractivity contribution < 1.29 is 9.21 Å². The molecule has 3 aromatic rings. The van der Waals surface area contributed by atoms with E-state index in [0.29, 0.717) is 13.0 Å². The minimum absolute atomic E-state index is 0.205. The molecular formula is C16H13ClN2O2. The lowest BCUT2D eigenvalue weighted by Gasteiger charge is -2.04. The van der Waals surface area contributed by atoms with Gasteiger partial charge in [-0.3, -0.25) is 9.78 Å². The quantitative estimate of drug-likeness (QED) is 0.803. The number of aromatic nitrogens is 1. The van der Waals surface area contributed by atoms with Gasteiger partial charge < -0.3 is 9.73 Å². The third-order valence-corrected chi connectivity index (χ3v) is 3.32. The number of nitrogens with zero attached hydrogens (tertiary/aromatic N) is 1. The second kappa shape index (κ2) is 5.97. The van der Waals surface area contributed by atoms with Gasteiger partial charge in [0, 0.05) is 24.0 Å². The van der Waals surface area contributed by atoms with Gasteiger partial charge in [-0.15, -0.1) is 0 Å². The van der Waals surface area contributed by atoms with Crippen LogP contribution in [0, 0.1) is 0 Å². The minimum atomic E-state index is -0.275. The Morgan fingerprint density at radius 2 is 2.00 bits per heavy atom. The zero-order valence-corrected chi connectivity index (χ0v) is 11.9. The van der Waals surface area contributed by atoms with Crippen LogP contribution in [-0.4, -0.2) is 17.4 Å². The molecule has 21 heavy (non-hydrogen) atoms. The van der Waals surface area contributed by atoms with E-state index in [9.17, 15) is 4.79 Å². The largest absolute Gasteiger partial charge is 0.440 e. The predicted octanol–water partition coefficient (Wildman–Crippen LogP) is 3.45. The van der Waals surface area contributed by atoms with Gasteiger partial charge in [-0.1, -0.05) is 24.3 Å². The van der Waals surface area contributed by atoms with Gasteiger partial charge in [-0.2, -0.15) is 0 Å². The second-order valence-corrected chi connectivity index (χ2v) is 4.98. The number of pyridine rings is 1. The normalized spacial score (nSPS) is 10.7. The summed E-state index contributed by atoms with van der Waals surface area (Å²) in [6.07, 6.45) is 0.658. The molecule has 0 saturated heterocycles. The summed E-state index contributed by atoms with van der Waals surface area (Å²) < 4.78 is 5.04. The smallest absolute Gasteiger partial charge is 0.287 e. The van der Waals surface area contributed by atoms with Crippen molar-refractivity contribution in [1.29, 1.82) is 0 Å². The summed E-state index contributed by atoms with van der Waals surface area (Å²) in [6.45, 7) is 0.489. The van der Waals surface area contributed by atoms with Crippen molar-refractivity contribution in [2.24, 2.45) is 0 Å². The Kier molecular flexibility index (Phi) is 3.88. The van der Waals surface area contributed by atoms with Crippen LogP contribution >= 0.6 is 11.6 Å². The third kappa shape index (κ3) is 3.23. The monoisotopic (exact) mass is 300 g/mol. The maximum Gasteiger partial charge on any atom is 0.287 e. The number of hydrogen-bond acceptors (Lipinski definition) is 3. The van der Waals surface area contributed by atoms with E-state index in [0.717, 1.165) is 16.6 Å². The molecule has 4 nitrogen and oxygen atoms in total. The third-order valence-electron chi connectivity index (χ3n) is 3.12.